The van der Waals surface area contributed by atoms with Crippen LogP contribution < -0.4 is 5.32 Å². The Labute approximate surface area is 119 Å². The maximum atomic E-state index is 12.9. The van der Waals surface area contributed by atoms with Gasteiger partial charge >= 0.3 is 0 Å². The Bertz CT molecular complexity index is 539. The highest BCUT2D eigenvalue weighted by Gasteiger charge is 2.07. The average Bonchev–Trinajstić information content (AvgIpc) is 2.47. The fourth-order valence-electron chi connectivity index (χ4n) is 2.16. The maximum Gasteiger partial charge on any atom is 0.123 e. The monoisotopic (exact) mass is 273 g/mol. The molecule has 0 amide bonds. The molecule has 2 aromatic rings. The van der Waals surface area contributed by atoms with Gasteiger partial charge in [0.25, 0.3) is 0 Å². The van der Waals surface area contributed by atoms with Gasteiger partial charge in [0, 0.05) is 19.7 Å². The molecule has 0 aliphatic heterocycles. The van der Waals surface area contributed by atoms with Crippen LogP contribution in [0.1, 0.15) is 29.7 Å². The van der Waals surface area contributed by atoms with Crippen LogP contribution in [0.3, 0.4) is 0 Å². The second kappa shape index (κ2) is 7.17. The molecule has 0 saturated carbocycles. The molecule has 0 heterocycles. The molecule has 0 unspecified atom stereocenters. The predicted octanol–water partition coefficient (Wildman–Crippen LogP) is 3.82. The van der Waals surface area contributed by atoms with E-state index >= 15 is 0 Å². The molecule has 0 saturated heterocycles. The zero-order valence-corrected chi connectivity index (χ0v) is 11.9. The molecule has 0 aromatic heterocycles. The third-order valence-electron chi connectivity index (χ3n) is 3.39. The average molecular weight is 273 g/mol. The lowest BCUT2D eigenvalue weighted by Crippen LogP contribution is -2.19. The summed E-state index contributed by atoms with van der Waals surface area (Å²) in [6.45, 7) is 3.45. The van der Waals surface area contributed by atoms with Crippen LogP contribution in [0.5, 0.6) is 0 Å². The number of benzene rings is 2. The van der Waals surface area contributed by atoms with Crippen molar-refractivity contribution in [2.75, 3.05) is 7.11 Å². The molecule has 0 fully saturated rings. The molecule has 1 N–H and O–H groups in total. The van der Waals surface area contributed by atoms with Gasteiger partial charge in [0.15, 0.2) is 0 Å². The Hall–Kier alpha value is -1.71. The summed E-state index contributed by atoms with van der Waals surface area (Å²) in [5.74, 6) is -0.202. The molecule has 106 valence electrons. The molecule has 2 aromatic carbocycles. The Morgan fingerprint density at radius 2 is 1.70 bits per heavy atom. The summed E-state index contributed by atoms with van der Waals surface area (Å²) in [6.07, 6.45) is 0. The SMILES string of the molecule is COCc1ccccc1CN[C@@H](C)c1ccc(F)cc1. The van der Waals surface area contributed by atoms with Crippen molar-refractivity contribution in [2.45, 2.75) is 26.1 Å². The van der Waals surface area contributed by atoms with Gasteiger partial charge in [0.05, 0.1) is 6.61 Å². The Balaban J connectivity index is 1.99. The number of ether oxygens (including phenoxy) is 1. The van der Waals surface area contributed by atoms with Crippen LogP contribution in [0, 0.1) is 5.82 Å². The third kappa shape index (κ3) is 3.89. The second-order valence-electron chi connectivity index (χ2n) is 4.86. The lowest BCUT2D eigenvalue weighted by atomic mass is 10.1. The Kier molecular flexibility index (Phi) is 5.27. The quantitative estimate of drug-likeness (QED) is 0.864. The summed E-state index contributed by atoms with van der Waals surface area (Å²) >= 11 is 0. The smallest absolute Gasteiger partial charge is 0.123 e. The highest BCUT2D eigenvalue weighted by atomic mass is 19.1. The van der Waals surface area contributed by atoms with E-state index in [2.05, 4.69) is 24.4 Å². The maximum absolute atomic E-state index is 12.9. The molecule has 20 heavy (non-hydrogen) atoms. The third-order valence-corrected chi connectivity index (χ3v) is 3.39. The van der Waals surface area contributed by atoms with Crippen molar-refractivity contribution in [3.05, 3.63) is 71.0 Å². The minimum Gasteiger partial charge on any atom is -0.380 e. The van der Waals surface area contributed by atoms with Crippen molar-refractivity contribution in [3.63, 3.8) is 0 Å². The number of halogens is 1. The topological polar surface area (TPSA) is 21.3 Å². The van der Waals surface area contributed by atoms with Gasteiger partial charge < -0.3 is 10.1 Å². The molecule has 3 heteroatoms. The van der Waals surface area contributed by atoms with Gasteiger partial charge in [-0.2, -0.15) is 0 Å². The first-order valence-corrected chi connectivity index (χ1v) is 6.75. The summed E-state index contributed by atoms with van der Waals surface area (Å²) < 4.78 is 18.1. The van der Waals surface area contributed by atoms with Gasteiger partial charge in [0.2, 0.25) is 0 Å². The van der Waals surface area contributed by atoms with Gasteiger partial charge in [-0.3, -0.25) is 0 Å². The van der Waals surface area contributed by atoms with E-state index in [9.17, 15) is 4.39 Å². The number of hydrogen-bond donors (Lipinski definition) is 1. The van der Waals surface area contributed by atoms with E-state index in [-0.39, 0.29) is 11.9 Å². The van der Waals surface area contributed by atoms with Crippen LogP contribution in [0.2, 0.25) is 0 Å². The first-order valence-electron chi connectivity index (χ1n) is 6.75. The van der Waals surface area contributed by atoms with E-state index in [4.69, 9.17) is 4.74 Å². The van der Waals surface area contributed by atoms with Crippen molar-refractivity contribution >= 4 is 0 Å². The molecule has 0 aliphatic carbocycles. The van der Waals surface area contributed by atoms with Crippen LogP contribution in [0.4, 0.5) is 4.39 Å². The normalized spacial score (nSPS) is 12.3. The largest absolute Gasteiger partial charge is 0.380 e. The molecule has 2 rings (SSSR count). The molecule has 0 bridgehead atoms. The molecular weight excluding hydrogens is 253 g/mol. The number of methoxy groups -OCH3 is 1. The summed E-state index contributed by atoms with van der Waals surface area (Å²) in [5, 5.41) is 3.46. The summed E-state index contributed by atoms with van der Waals surface area (Å²) in [6, 6.07) is 15.0. The first kappa shape index (κ1) is 14.7. The standard InChI is InChI=1S/C17H20FNO/c1-13(14-7-9-17(18)10-8-14)19-11-15-5-3-4-6-16(15)12-20-2/h3-10,13,19H,11-12H2,1-2H3/t13-/m0/s1. The van der Waals surface area contributed by atoms with Gasteiger partial charge in [-0.25, -0.2) is 4.39 Å². The molecule has 0 spiro atoms. The van der Waals surface area contributed by atoms with Gasteiger partial charge in [-0.1, -0.05) is 36.4 Å². The van der Waals surface area contributed by atoms with Crippen LogP contribution in [-0.2, 0) is 17.9 Å². The minimum atomic E-state index is -0.202. The van der Waals surface area contributed by atoms with Crippen LogP contribution in [0.15, 0.2) is 48.5 Å². The highest BCUT2D eigenvalue weighted by molar-refractivity contribution is 5.27. The lowest BCUT2D eigenvalue weighted by molar-refractivity contribution is 0.184. The van der Waals surface area contributed by atoms with Crippen molar-refractivity contribution in [3.8, 4) is 0 Å². The van der Waals surface area contributed by atoms with Crippen LogP contribution in [-0.4, -0.2) is 7.11 Å². The molecule has 0 aliphatic rings. The zero-order valence-electron chi connectivity index (χ0n) is 11.9. The summed E-state index contributed by atoms with van der Waals surface area (Å²) in [7, 11) is 1.70. The molecule has 0 radical (unpaired) electrons. The number of rotatable bonds is 6. The Morgan fingerprint density at radius 1 is 1.05 bits per heavy atom. The van der Waals surface area contributed by atoms with Crippen molar-refractivity contribution < 1.29 is 9.13 Å². The highest BCUT2D eigenvalue weighted by Crippen LogP contribution is 2.15. The van der Waals surface area contributed by atoms with E-state index < -0.39 is 0 Å². The van der Waals surface area contributed by atoms with E-state index in [0.717, 1.165) is 12.1 Å². The molecule has 2 nitrogen and oxygen atoms in total. The summed E-state index contributed by atoms with van der Waals surface area (Å²) in [4.78, 5) is 0. The van der Waals surface area contributed by atoms with Crippen LogP contribution in [0.25, 0.3) is 0 Å². The summed E-state index contributed by atoms with van der Waals surface area (Å²) in [5.41, 5.74) is 3.49. The predicted molar refractivity (Wildman–Crippen MR) is 78.8 cm³/mol. The number of hydrogen-bond acceptors (Lipinski definition) is 2. The van der Waals surface area contributed by atoms with Gasteiger partial charge in [-0.15, -0.1) is 0 Å². The van der Waals surface area contributed by atoms with E-state index in [1.807, 2.05) is 24.3 Å². The van der Waals surface area contributed by atoms with Gasteiger partial charge in [-0.05, 0) is 35.7 Å². The molecular formula is C17H20FNO. The van der Waals surface area contributed by atoms with Crippen molar-refractivity contribution in [2.24, 2.45) is 0 Å². The van der Waals surface area contributed by atoms with Gasteiger partial charge in [0.1, 0.15) is 5.82 Å². The first-order chi connectivity index (χ1) is 9.70. The second-order valence-corrected chi connectivity index (χ2v) is 4.86. The Morgan fingerprint density at radius 3 is 2.35 bits per heavy atom. The fourth-order valence-corrected chi connectivity index (χ4v) is 2.16. The van der Waals surface area contributed by atoms with E-state index in [0.29, 0.717) is 6.61 Å². The van der Waals surface area contributed by atoms with E-state index in [1.54, 1.807) is 7.11 Å². The fraction of sp³-hybridized carbons (Fsp3) is 0.294. The van der Waals surface area contributed by atoms with Crippen LogP contribution >= 0.6 is 0 Å². The van der Waals surface area contributed by atoms with Crippen molar-refractivity contribution in [1.29, 1.82) is 0 Å². The lowest BCUT2D eigenvalue weighted by Gasteiger charge is -2.16. The minimum absolute atomic E-state index is 0.172. The van der Waals surface area contributed by atoms with E-state index in [1.165, 1.54) is 23.3 Å². The molecule has 1 atom stereocenters. The zero-order chi connectivity index (χ0) is 14.4. The number of nitrogens with one attached hydrogen (secondary N) is 1. The van der Waals surface area contributed by atoms with Crippen molar-refractivity contribution in [1.82, 2.24) is 5.32 Å².